The maximum Gasteiger partial charge on any atom is 0.262 e. The third kappa shape index (κ3) is 4.33. The van der Waals surface area contributed by atoms with Crippen LogP contribution in [-0.2, 0) is 14.8 Å². The van der Waals surface area contributed by atoms with Crippen molar-refractivity contribution >= 4 is 21.6 Å². The number of rotatable bonds is 6. The predicted molar refractivity (Wildman–Crippen MR) is 79.8 cm³/mol. The van der Waals surface area contributed by atoms with Crippen molar-refractivity contribution in [3.8, 4) is 5.75 Å². The first-order chi connectivity index (χ1) is 10.0. The van der Waals surface area contributed by atoms with Gasteiger partial charge in [0.1, 0.15) is 5.75 Å². The fourth-order valence-corrected chi connectivity index (χ4v) is 2.93. The van der Waals surface area contributed by atoms with E-state index in [0.717, 1.165) is 5.69 Å². The molecule has 1 unspecified atom stereocenters. The summed E-state index contributed by atoms with van der Waals surface area (Å²) in [5.74, 6) is 0.136. The summed E-state index contributed by atoms with van der Waals surface area (Å²) in [7, 11) is -3.33. The summed E-state index contributed by atoms with van der Waals surface area (Å²) >= 11 is 0. The minimum atomic E-state index is -3.33. The molecule has 0 fully saturated rings. The Balaban J connectivity index is 1.83. The molecule has 0 saturated carbocycles. The SMILES string of the molecule is CCNS(=O)(=O)CCNC(=O)C1CNc2ccccc2O1. The Hall–Kier alpha value is -1.80. The van der Waals surface area contributed by atoms with Crippen molar-refractivity contribution in [2.75, 3.05) is 30.7 Å². The van der Waals surface area contributed by atoms with E-state index >= 15 is 0 Å². The summed E-state index contributed by atoms with van der Waals surface area (Å²) in [4.78, 5) is 12.0. The lowest BCUT2D eigenvalue weighted by Crippen LogP contribution is -2.46. The number of amides is 1. The van der Waals surface area contributed by atoms with Gasteiger partial charge in [-0.05, 0) is 12.1 Å². The van der Waals surface area contributed by atoms with Crippen molar-refractivity contribution in [1.29, 1.82) is 0 Å². The van der Waals surface area contributed by atoms with Gasteiger partial charge >= 0.3 is 0 Å². The first kappa shape index (κ1) is 15.6. The molecule has 1 aromatic rings. The third-order valence-electron chi connectivity index (χ3n) is 2.96. The first-order valence-electron chi connectivity index (χ1n) is 6.76. The number of carbonyl (C=O) groups excluding carboxylic acids is 1. The Morgan fingerprint density at radius 2 is 2.19 bits per heavy atom. The molecule has 0 aliphatic carbocycles. The van der Waals surface area contributed by atoms with E-state index in [1.165, 1.54) is 0 Å². The maximum atomic E-state index is 12.0. The van der Waals surface area contributed by atoms with Crippen LogP contribution in [0.15, 0.2) is 24.3 Å². The summed E-state index contributed by atoms with van der Waals surface area (Å²) < 4.78 is 30.8. The zero-order chi connectivity index (χ0) is 15.3. The Labute approximate surface area is 124 Å². The molecule has 116 valence electrons. The quantitative estimate of drug-likeness (QED) is 0.682. The zero-order valence-corrected chi connectivity index (χ0v) is 12.6. The number of hydrogen-bond donors (Lipinski definition) is 3. The van der Waals surface area contributed by atoms with Crippen LogP contribution in [0.25, 0.3) is 0 Å². The summed E-state index contributed by atoms with van der Waals surface area (Å²) in [6.45, 7) is 2.44. The average Bonchev–Trinajstić information content (AvgIpc) is 2.46. The minimum Gasteiger partial charge on any atom is -0.477 e. The minimum absolute atomic E-state index is 0.0513. The summed E-state index contributed by atoms with van der Waals surface area (Å²) in [6, 6.07) is 7.34. The molecule has 21 heavy (non-hydrogen) atoms. The average molecular weight is 313 g/mol. The largest absolute Gasteiger partial charge is 0.477 e. The Kier molecular flexibility index (Phi) is 5.03. The molecular formula is C13H19N3O4S. The highest BCUT2D eigenvalue weighted by molar-refractivity contribution is 7.89. The number of para-hydroxylation sites is 2. The topological polar surface area (TPSA) is 96.5 Å². The van der Waals surface area contributed by atoms with E-state index in [2.05, 4.69) is 15.4 Å². The lowest BCUT2D eigenvalue weighted by molar-refractivity contribution is -0.127. The van der Waals surface area contributed by atoms with E-state index < -0.39 is 16.1 Å². The molecule has 7 nitrogen and oxygen atoms in total. The second-order valence-corrected chi connectivity index (χ2v) is 6.52. The highest BCUT2D eigenvalue weighted by atomic mass is 32.2. The highest BCUT2D eigenvalue weighted by Gasteiger charge is 2.25. The molecule has 0 saturated heterocycles. The van der Waals surface area contributed by atoms with E-state index in [9.17, 15) is 13.2 Å². The molecular weight excluding hydrogens is 294 g/mol. The number of ether oxygens (including phenoxy) is 1. The van der Waals surface area contributed by atoms with Gasteiger partial charge in [-0.2, -0.15) is 0 Å². The molecule has 8 heteroatoms. The van der Waals surface area contributed by atoms with Crippen molar-refractivity contribution in [1.82, 2.24) is 10.0 Å². The number of carbonyl (C=O) groups is 1. The maximum absolute atomic E-state index is 12.0. The molecule has 0 spiro atoms. The van der Waals surface area contributed by atoms with Crippen LogP contribution < -0.4 is 20.1 Å². The normalized spacial score (nSPS) is 17.3. The summed E-state index contributed by atoms with van der Waals surface area (Å²) in [5, 5.41) is 5.68. The van der Waals surface area contributed by atoms with E-state index in [0.29, 0.717) is 18.8 Å². The second-order valence-electron chi connectivity index (χ2n) is 4.59. The van der Waals surface area contributed by atoms with Crippen LogP contribution in [0.2, 0.25) is 0 Å². The van der Waals surface area contributed by atoms with Gasteiger partial charge < -0.3 is 15.4 Å². The third-order valence-corrected chi connectivity index (χ3v) is 4.43. The second kappa shape index (κ2) is 6.77. The van der Waals surface area contributed by atoms with Crippen LogP contribution in [0.4, 0.5) is 5.69 Å². The molecule has 3 N–H and O–H groups in total. The van der Waals surface area contributed by atoms with Gasteiger partial charge in [-0.1, -0.05) is 19.1 Å². The highest BCUT2D eigenvalue weighted by Crippen LogP contribution is 2.28. The standard InChI is InChI=1S/C13H19N3O4S/c1-2-16-21(18,19)8-7-14-13(17)12-9-15-10-5-3-4-6-11(10)20-12/h3-6,12,15-16H,2,7-9H2,1H3,(H,14,17). The van der Waals surface area contributed by atoms with Crippen LogP contribution in [0.3, 0.4) is 0 Å². The molecule has 1 aliphatic rings. The lowest BCUT2D eigenvalue weighted by Gasteiger charge is -2.26. The lowest BCUT2D eigenvalue weighted by atomic mass is 10.2. The van der Waals surface area contributed by atoms with Gasteiger partial charge in [-0.15, -0.1) is 0 Å². The van der Waals surface area contributed by atoms with Gasteiger partial charge in [0.05, 0.1) is 18.0 Å². The molecule has 1 heterocycles. The summed E-state index contributed by atoms with van der Waals surface area (Å²) in [5.41, 5.74) is 0.844. The smallest absolute Gasteiger partial charge is 0.262 e. The monoisotopic (exact) mass is 313 g/mol. The van der Waals surface area contributed by atoms with E-state index in [1.54, 1.807) is 13.0 Å². The molecule has 0 bridgehead atoms. The molecule has 1 aliphatic heterocycles. The van der Waals surface area contributed by atoms with Gasteiger partial charge in [-0.25, -0.2) is 13.1 Å². The predicted octanol–water partition coefficient (Wildman–Crippen LogP) is -0.0850. The zero-order valence-electron chi connectivity index (χ0n) is 11.8. The molecule has 1 atom stereocenters. The Morgan fingerprint density at radius 3 is 2.95 bits per heavy atom. The van der Waals surface area contributed by atoms with Crippen molar-refractivity contribution in [3.05, 3.63) is 24.3 Å². The number of sulfonamides is 1. The van der Waals surface area contributed by atoms with E-state index in [-0.39, 0.29) is 18.2 Å². The number of benzene rings is 1. The fourth-order valence-electron chi connectivity index (χ4n) is 1.97. The molecule has 0 radical (unpaired) electrons. The van der Waals surface area contributed by atoms with Crippen LogP contribution in [-0.4, -0.2) is 45.8 Å². The Bertz CT molecular complexity index is 603. The molecule has 0 aromatic heterocycles. The van der Waals surface area contributed by atoms with E-state index in [4.69, 9.17) is 4.74 Å². The molecule has 1 aromatic carbocycles. The Morgan fingerprint density at radius 1 is 1.43 bits per heavy atom. The van der Waals surface area contributed by atoms with Gasteiger partial charge in [0.25, 0.3) is 5.91 Å². The number of hydrogen-bond acceptors (Lipinski definition) is 5. The van der Waals surface area contributed by atoms with Crippen molar-refractivity contribution in [3.63, 3.8) is 0 Å². The van der Waals surface area contributed by atoms with Gasteiger partial charge in [0.15, 0.2) is 6.10 Å². The van der Waals surface area contributed by atoms with Crippen LogP contribution in [0, 0.1) is 0 Å². The number of anilines is 1. The number of fused-ring (bicyclic) bond motifs is 1. The molecule has 2 rings (SSSR count). The first-order valence-corrected chi connectivity index (χ1v) is 8.41. The van der Waals surface area contributed by atoms with Crippen molar-refractivity contribution in [2.45, 2.75) is 13.0 Å². The van der Waals surface area contributed by atoms with Crippen LogP contribution >= 0.6 is 0 Å². The van der Waals surface area contributed by atoms with Crippen molar-refractivity contribution < 1.29 is 17.9 Å². The van der Waals surface area contributed by atoms with Crippen LogP contribution in [0.5, 0.6) is 5.75 Å². The van der Waals surface area contributed by atoms with E-state index in [1.807, 2.05) is 18.2 Å². The van der Waals surface area contributed by atoms with Crippen LogP contribution in [0.1, 0.15) is 6.92 Å². The number of nitrogens with one attached hydrogen (secondary N) is 3. The van der Waals surface area contributed by atoms with Gasteiger partial charge in [0, 0.05) is 13.1 Å². The summed E-state index contributed by atoms with van der Waals surface area (Å²) in [6.07, 6.45) is -0.665. The van der Waals surface area contributed by atoms with Gasteiger partial charge in [-0.3, -0.25) is 4.79 Å². The molecule has 1 amide bonds. The van der Waals surface area contributed by atoms with Gasteiger partial charge in [0.2, 0.25) is 10.0 Å². The van der Waals surface area contributed by atoms with Crippen molar-refractivity contribution in [2.24, 2.45) is 0 Å². The fraction of sp³-hybridized carbons (Fsp3) is 0.462.